The van der Waals surface area contributed by atoms with Gasteiger partial charge >= 0.3 is 0 Å². The predicted octanol–water partition coefficient (Wildman–Crippen LogP) is 0.744. The van der Waals surface area contributed by atoms with Gasteiger partial charge in [0.2, 0.25) is 5.91 Å². The third-order valence-corrected chi connectivity index (χ3v) is 4.93. The van der Waals surface area contributed by atoms with E-state index in [4.69, 9.17) is 5.26 Å². The Balaban J connectivity index is 1.80. The van der Waals surface area contributed by atoms with Gasteiger partial charge in [-0.3, -0.25) is 9.69 Å². The minimum Gasteiger partial charge on any atom is -0.356 e. The lowest BCUT2D eigenvalue weighted by Crippen LogP contribution is -2.61. The number of aromatic nitrogens is 1. The second-order valence-corrected chi connectivity index (χ2v) is 6.18. The zero-order valence-electron chi connectivity index (χ0n) is 12.9. The maximum atomic E-state index is 11.7. The predicted molar refractivity (Wildman–Crippen MR) is 83.4 cm³/mol. The Morgan fingerprint density at radius 1 is 1.36 bits per heavy atom. The number of carbonyl (C=O) groups excluding carboxylic acids is 1. The van der Waals surface area contributed by atoms with Crippen molar-refractivity contribution in [1.82, 2.24) is 15.2 Å². The summed E-state index contributed by atoms with van der Waals surface area (Å²) >= 11 is 0. The van der Waals surface area contributed by atoms with Crippen molar-refractivity contribution >= 4 is 11.7 Å². The number of carbonyl (C=O) groups is 1. The number of likely N-dealkylation sites (N-methyl/N-ethyl adjacent to an activating group) is 1. The van der Waals surface area contributed by atoms with Gasteiger partial charge in [-0.05, 0) is 32.0 Å². The lowest BCUT2D eigenvalue weighted by molar-refractivity contribution is -0.120. The maximum Gasteiger partial charge on any atom is 0.220 e. The van der Waals surface area contributed by atoms with Gasteiger partial charge in [0.25, 0.3) is 0 Å². The van der Waals surface area contributed by atoms with E-state index in [9.17, 15) is 4.79 Å². The summed E-state index contributed by atoms with van der Waals surface area (Å²) in [5.41, 5.74) is 0.601. The average molecular weight is 299 g/mol. The van der Waals surface area contributed by atoms with Crippen LogP contribution in [-0.4, -0.2) is 54.6 Å². The molecule has 6 nitrogen and oxygen atoms in total. The van der Waals surface area contributed by atoms with E-state index in [0.717, 1.165) is 44.8 Å². The number of rotatable bonds is 1. The van der Waals surface area contributed by atoms with Crippen molar-refractivity contribution in [1.29, 1.82) is 5.26 Å². The van der Waals surface area contributed by atoms with Crippen LogP contribution in [0.15, 0.2) is 18.3 Å². The highest BCUT2D eigenvalue weighted by molar-refractivity contribution is 5.76. The molecule has 0 aromatic carbocycles. The number of anilines is 1. The molecule has 2 saturated heterocycles. The molecule has 0 bridgehead atoms. The molecule has 2 aliphatic rings. The molecule has 1 unspecified atom stereocenters. The maximum absolute atomic E-state index is 11.7. The number of hydrogen-bond donors (Lipinski definition) is 1. The van der Waals surface area contributed by atoms with Crippen molar-refractivity contribution in [2.24, 2.45) is 0 Å². The first-order valence-corrected chi connectivity index (χ1v) is 7.72. The third-order valence-electron chi connectivity index (χ3n) is 4.93. The standard InChI is InChI=1S/C16H21N5O/c1-20-8-9-21(14-3-2-13(10-17)11-19-14)12-16(20)5-4-15(22)18-7-6-16/h2-3,11H,4-9,12H2,1H3,(H,18,22). The monoisotopic (exact) mass is 299 g/mol. The molecular weight excluding hydrogens is 278 g/mol. The van der Waals surface area contributed by atoms with Crippen LogP contribution in [0.5, 0.6) is 0 Å². The molecule has 6 heteroatoms. The van der Waals surface area contributed by atoms with Crippen molar-refractivity contribution in [3.8, 4) is 6.07 Å². The van der Waals surface area contributed by atoms with E-state index < -0.39 is 0 Å². The second kappa shape index (κ2) is 5.93. The van der Waals surface area contributed by atoms with Gasteiger partial charge in [-0.25, -0.2) is 4.98 Å². The SMILES string of the molecule is CN1CCN(c2ccc(C#N)cn2)CC12CCNC(=O)CC2. The van der Waals surface area contributed by atoms with Crippen LogP contribution in [0.2, 0.25) is 0 Å². The Kier molecular flexibility index (Phi) is 3.99. The van der Waals surface area contributed by atoms with Gasteiger partial charge in [0.1, 0.15) is 11.9 Å². The zero-order chi connectivity index (χ0) is 15.6. The molecule has 3 rings (SSSR count). The van der Waals surface area contributed by atoms with Crippen LogP contribution < -0.4 is 10.2 Å². The molecule has 1 atom stereocenters. The Morgan fingerprint density at radius 2 is 2.23 bits per heavy atom. The van der Waals surface area contributed by atoms with E-state index in [1.165, 1.54) is 0 Å². The van der Waals surface area contributed by atoms with Crippen LogP contribution >= 0.6 is 0 Å². The van der Waals surface area contributed by atoms with Gasteiger partial charge in [0.05, 0.1) is 5.56 Å². The minimum absolute atomic E-state index is 0.0208. The molecule has 2 aliphatic heterocycles. The minimum atomic E-state index is 0.0208. The summed E-state index contributed by atoms with van der Waals surface area (Å²) in [5.74, 6) is 1.06. The number of nitriles is 1. The molecular formula is C16H21N5O. The van der Waals surface area contributed by atoms with Crippen molar-refractivity contribution in [3.63, 3.8) is 0 Å². The average Bonchev–Trinajstić information content (AvgIpc) is 2.73. The summed E-state index contributed by atoms with van der Waals surface area (Å²) in [4.78, 5) is 20.7. The largest absolute Gasteiger partial charge is 0.356 e. The number of nitrogens with zero attached hydrogens (tertiary/aromatic N) is 4. The summed E-state index contributed by atoms with van der Waals surface area (Å²) in [6, 6.07) is 5.82. The number of pyridine rings is 1. The molecule has 0 radical (unpaired) electrons. The normalized spacial score (nSPS) is 26.4. The van der Waals surface area contributed by atoms with Gasteiger partial charge in [0, 0.05) is 44.3 Å². The molecule has 116 valence electrons. The molecule has 2 fully saturated rings. The van der Waals surface area contributed by atoms with E-state index in [1.54, 1.807) is 6.20 Å². The lowest BCUT2D eigenvalue weighted by atomic mass is 9.86. The Bertz CT molecular complexity index is 594. The van der Waals surface area contributed by atoms with E-state index in [2.05, 4.69) is 33.2 Å². The van der Waals surface area contributed by atoms with Crippen LogP contribution in [0.3, 0.4) is 0 Å². The summed E-state index contributed by atoms with van der Waals surface area (Å²) in [6.07, 6.45) is 4.04. The highest BCUT2D eigenvalue weighted by Crippen LogP contribution is 2.31. The molecule has 22 heavy (non-hydrogen) atoms. The fourth-order valence-corrected chi connectivity index (χ4v) is 3.43. The Hall–Kier alpha value is -2.13. The van der Waals surface area contributed by atoms with Crippen LogP contribution in [0, 0.1) is 11.3 Å². The van der Waals surface area contributed by atoms with Crippen molar-refractivity contribution in [3.05, 3.63) is 23.9 Å². The van der Waals surface area contributed by atoms with E-state index in [-0.39, 0.29) is 11.4 Å². The van der Waals surface area contributed by atoms with Crippen LogP contribution in [-0.2, 0) is 4.79 Å². The van der Waals surface area contributed by atoms with Gasteiger partial charge in [-0.2, -0.15) is 5.26 Å². The number of hydrogen-bond acceptors (Lipinski definition) is 5. The molecule has 0 saturated carbocycles. The van der Waals surface area contributed by atoms with Crippen LogP contribution in [0.4, 0.5) is 5.82 Å². The fourth-order valence-electron chi connectivity index (χ4n) is 3.43. The first-order chi connectivity index (χ1) is 10.6. The Morgan fingerprint density at radius 3 is 2.95 bits per heavy atom. The van der Waals surface area contributed by atoms with Gasteiger partial charge in [-0.15, -0.1) is 0 Å². The Labute approximate surface area is 130 Å². The van der Waals surface area contributed by atoms with Crippen molar-refractivity contribution in [2.45, 2.75) is 24.8 Å². The summed E-state index contributed by atoms with van der Waals surface area (Å²) in [7, 11) is 2.15. The van der Waals surface area contributed by atoms with Crippen LogP contribution in [0.25, 0.3) is 0 Å². The number of amides is 1. The van der Waals surface area contributed by atoms with Crippen LogP contribution in [0.1, 0.15) is 24.8 Å². The molecule has 0 aliphatic carbocycles. The first kappa shape index (κ1) is 14.8. The third kappa shape index (κ3) is 2.77. The molecule has 1 aromatic heterocycles. The van der Waals surface area contributed by atoms with Gasteiger partial charge in [-0.1, -0.05) is 0 Å². The summed E-state index contributed by atoms with van der Waals surface area (Å²) < 4.78 is 0. The molecule has 1 N–H and O–H groups in total. The zero-order valence-corrected chi connectivity index (χ0v) is 12.9. The molecule has 3 heterocycles. The van der Waals surface area contributed by atoms with E-state index in [0.29, 0.717) is 12.0 Å². The highest BCUT2D eigenvalue weighted by atomic mass is 16.1. The summed E-state index contributed by atoms with van der Waals surface area (Å²) in [6.45, 7) is 3.48. The quantitative estimate of drug-likeness (QED) is 0.828. The van der Waals surface area contributed by atoms with Gasteiger partial charge < -0.3 is 10.2 Å². The second-order valence-electron chi connectivity index (χ2n) is 6.18. The smallest absolute Gasteiger partial charge is 0.220 e. The number of nitrogens with one attached hydrogen (secondary N) is 1. The van der Waals surface area contributed by atoms with Gasteiger partial charge in [0.15, 0.2) is 0 Å². The molecule has 1 amide bonds. The van der Waals surface area contributed by atoms with Crippen molar-refractivity contribution < 1.29 is 4.79 Å². The molecule has 1 aromatic rings. The lowest BCUT2D eigenvalue weighted by Gasteiger charge is -2.49. The van der Waals surface area contributed by atoms with E-state index >= 15 is 0 Å². The van der Waals surface area contributed by atoms with Crippen molar-refractivity contribution in [2.75, 3.05) is 38.1 Å². The van der Waals surface area contributed by atoms with E-state index in [1.807, 2.05) is 12.1 Å². The summed E-state index contributed by atoms with van der Waals surface area (Å²) in [5, 5.41) is 11.8. The number of piperazine rings is 1. The topological polar surface area (TPSA) is 72.3 Å². The first-order valence-electron chi connectivity index (χ1n) is 7.72. The highest BCUT2D eigenvalue weighted by Gasteiger charge is 2.41. The molecule has 1 spiro atoms. The fraction of sp³-hybridized carbons (Fsp3) is 0.562.